The van der Waals surface area contributed by atoms with E-state index in [1.807, 2.05) is 63.4 Å². The summed E-state index contributed by atoms with van der Waals surface area (Å²) in [5.41, 5.74) is 8.20. The molecule has 200 valence electrons. The van der Waals surface area contributed by atoms with Gasteiger partial charge in [0, 0.05) is 39.4 Å². The van der Waals surface area contributed by atoms with Gasteiger partial charge in [-0.15, -0.1) is 0 Å². The normalized spacial score (nSPS) is 17.0. The lowest BCUT2D eigenvalue weighted by Gasteiger charge is -2.29. The van der Waals surface area contributed by atoms with Gasteiger partial charge in [-0.2, -0.15) is 0 Å². The van der Waals surface area contributed by atoms with Gasteiger partial charge in [0.05, 0.1) is 23.5 Å². The van der Waals surface area contributed by atoms with Crippen LogP contribution in [0.25, 0.3) is 5.69 Å². The fraction of sp³-hybridized carbons (Fsp3) is 0.258. The molecule has 1 aliphatic rings. The fourth-order valence-corrected chi connectivity index (χ4v) is 6.06. The predicted molar refractivity (Wildman–Crippen MR) is 166 cm³/mol. The van der Waals surface area contributed by atoms with E-state index in [1.165, 1.54) is 5.56 Å². The molecule has 39 heavy (non-hydrogen) atoms. The third kappa shape index (κ3) is 5.11. The van der Waals surface area contributed by atoms with E-state index >= 15 is 0 Å². The lowest BCUT2D eigenvalue weighted by molar-refractivity contribution is -0.118. The number of benzene rings is 2. The Bertz CT molecular complexity index is 1550. The highest BCUT2D eigenvalue weighted by Crippen LogP contribution is 2.44. The third-order valence-corrected chi connectivity index (χ3v) is 8.24. The molecule has 0 spiro atoms. The number of pyridine rings is 1. The Morgan fingerprint density at radius 1 is 1.05 bits per heavy atom. The Morgan fingerprint density at radius 3 is 2.46 bits per heavy atom. The van der Waals surface area contributed by atoms with Crippen molar-refractivity contribution in [2.45, 2.75) is 46.7 Å². The molecule has 2 aromatic heterocycles. The monoisotopic (exact) mass is 601 g/mol. The molecule has 6 nitrogen and oxygen atoms in total. The van der Waals surface area contributed by atoms with E-state index in [2.05, 4.69) is 80.2 Å². The quantitative estimate of drug-likeness (QED) is 0.226. The standard InChI is InChI=1S/C31H32BrN5OS/c1-18(2)30(38)34-25-14-13-22(16-19(25)3)37-29(28(35-31(37)39)26-11-8-9-15-33-26)23-17-20(4)36(21(23)5)27-12-7-6-10-24(27)32/h6-18,28-29H,1-5H3,(H,34,38)(H,35,39)/t28-,29-/m0/s1. The second kappa shape index (κ2) is 10.9. The van der Waals surface area contributed by atoms with E-state index in [4.69, 9.17) is 17.2 Å². The molecule has 2 N–H and O–H groups in total. The van der Waals surface area contributed by atoms with Gasteiger partial charge in [0.1, 0.15) is 0 Å². The molecule has 4 aromatic rings. The highest BCUT2D eigenvalue weighted by molar-refractivity contribution is 9.10. The zero-order valence-corrected chi connectivity index (χ0v) is 25.1. The van der Waals surface area contributed by atoms with Gasteiger partial charge in [-0.3, -0.25) is 9.78 Å². The molecular weight excluding hydrogens is 570 g/mol. The Balaban J connectivity index is 1.63. The minimum atomic E-state index is -0.146. The van der Waals surface area contributed by atoms with Crippen LogP contribution < -0.4 is 15.5 Å². The predicted octanol–water partition coefficient (Wildman–Crippen LogP) is 7.33. The van der Waals surface area contributed by atoms with Crippen LogP contribution in [0.2, 0.25) is 0 Å². The number of hydrogen-bond acceptors (Lipinski definition) is 3. The molecule has 1 saturated heterocycles. The molecular formula is C31H32BrN5OS. The second-order valence-electron chi connectivity index (χ2n) is 10.3. The molecule has 2 aromatic carbocycles. The number of halogens is 1. The first-order valence-corrected chi connectivity index (χ1v) is 14.2. The number of anilines is 2. The number of hydrogen-bond donors (Lipinski definition) is 2. The molecule has 1 fully saturated rings. The largest absolute Gasteiger partial charge is 0.351 e. The topological polar surface area (TPSA) is 62.2 Å². The van der Waals surface area contributed by atoms with Gasteiger partial charge >= 0.3 is 0 Å². The van der Waals surface area contributed by atoms with Gasteiger partial charge in [-0.25, -0.2) is 0 Å². The van der Waals surface area contributed by atoms with Crippen LogP contribution in [0.4, 0.5) is 11.4 Å². The van der Waals surface area contributed by atoms with Crippen molar-refractivity contribution in [1.82, 2.24) is 14.9 Å². The maximum Gasteiger partial charge on any atom is 0.226 e. The highest BCUT2D eigenvalue weighted by atomic mass is 79.9. The molecule has 1 amide bonds. The van der Waals surface area contributed by atoms with Gasteiger partial charge in [-0.05, 0) is 109 Å². The Hall–Kier alpha value is -3.49. The molecule has 0 aliphatic carbocycles. The van der Waals surface area contributed by atoms with Gasteiger partial charge in [0.2, 0.25) is 5.91 Å². The summed E-state index contributed by atoms with van der Waals surface area (Å²) in [5, 5.41) is 7.24. The summed E-state index contributed by atoms with van der Waals surface area (Å²) in [5.74, 6) is -0.0975. The molecule has 0 unspecified atom stereocenters. The summed E-state index contributed by atoms with van der Waals surface area (Å²) in [6, 6.07) is 22.3. The Kier molecular flexibility index (Phi) is 7.60. The summed E-state index contributed by atoms with van der Waals surface area (Å²) in [4.78, 5) is 19.2. The maximum absolute atomic E-state index is 12.3. The summed E-state index contributed by atoms with van der Waals surface area (Å²) in [6.07, 6.45) is 1.82. The SMILES string of the molecule is Cc1cc(N2C(=S)N[C@@H](c3ccccn3)[C@@H]2c2cc(C)n(-c3ccccc3Br)c2C)ccc1NC(=O)C(C)C. The van der Waals surface area contributed by atoms with E-state index in [1.54, 1.807) is 0 Å². The summed E-state index contributed by atoms with van der Waals surface area (Å²) in [6.45, 7) is 10.1. The van der Waals surface area contributed by atoms with Crippen molar-refractivity contribution in [1.29, 1.82) is 0 Å². The van der Waals surface area contributed by atoms with E-state index in [0.717, 1.165) is 44.2 Å². The van der Waals surface area contributed by atoms with E-state index in [0.29, 0.717) is 5.11 Å². The number of carbonyl (C=O) groups is 1. The van der Waals surface area contributed by atoms with Crippen LogP contribution >= 0.6 is 28.1 Å². The van der Waals surface area contributed by atoms with Crippen molar-refractivity contribution >= 4 is 50.5 Å². The second-order valence-corrected chi connectivity index (χ2v) is 11.5. The first-order chi connectivity index (χ1) is 18.7. The number of carbonyl (C=O) groups excluding carboxylic acids is 1. The number of aryl methyl sites for hydroxylation is 2. The molecule has 5 rings (SSSR count). The average Bonchev–Trinajstić information content (AvgIpc) is 3.41. The number of thiocarbonyl (C=S) groups is 1. The van der Waals surface area contributed by atoms with E-state index < -0.39 is 0 Å². The van der Waals surface area contributed by atoms with Crippen molar-refractivity contribution < 1.29 is 4.79 Å². The van der Waals surface area contributed by atoms with Crippen LogP contribution in [-0.2, 0) is 4.79 Å². The maximum atomic E-state index is 12.3. The van der Waals surface area contributed by atoms with Crippen molar-refractivity contribution in [2.24, 2.45) is 5.92 Å². The lowest BCUT2D eigenvalue weighted by atomic mass is 9.96. The van der Waals surface area contributed by atoms with Crippen molar-refractivity contribution in [3.63, 3.8) is 0 Å². The minimum absolute atomic E-state index is 0.00295. The molecule has 2 atom stereocenters. The van der Waals surface area contributed by atoms with Crippen molar-refractivity contribution in [3.8, 4) is 5.69 Å². The number of nitrogens with zero attached hydrogens (tertiary/aromatic N) is 3. The van der Waals surface area contributed by atoms with E-state index in [-0.39, 0.29) is 23.9 Å². The molecule has 1 aliphatic heterocycles. The number of rotatable bonds is 6. The minimum Gasteiger partial charge on any atom is -0.351 e. The van der Waals surface area contributed by atoms with Crippen LogP contribution in [0, 0.1) is 26.7 Å². The van der Waals surface area contributed by atoms with Crippen LogP contribution in [0.15, 0.2) is 77.4 Å². The Morgan fingerprint density at radius 2 is 1.79 bits per heavy atom. The number of aromatic nitrogens is 2. The Labute approximate surface area is 243 Å². The van der Waals surface area contributed by atoms with Gasteiger partial charge in [0.15, 0.2) is 5.11 Å². The summed E-state index contributed by atoms with van der Waals surface area (Å²) in [7, 11) is 0. The van der Waals surface area contributed by atoms with E-state index in [9.17, 15) is 4.79 Å². The highest BCUT2D eigenvalue weighted by Gasteiger charge is 2.42. The lowest BCUT2D eigenvalue weighted by Crippen LogP contribution is -2.29. The molecule has 0 bridgehead atoms. The van der Waals surface area contributed by atoms with Gasteiger partial charge < -0.3 is 20.1 Å². The van der Waals surface area contributed by atoms with Crippen LogP contribution in [0.1, 0.15) is 54.1 Å². The first kappa shape index (κ1) is 27.1. The molecule has 8 heteroatoms. The molecule has 3 heterocycles. The zero-order chi connectivity index (χ0) is 27.8. The number of nitrogens with one attached hydrogen (secondary N) is 2. The number of amides is 1. The number of para-hydroxylation sites is 1. The van der Waals surface area contributed by atoms with Crippen molar-refractivity contribution in [3.05, 3.63) is 106 Å². The third-order valence-electron chi connectivity index (χ3n) is 7.25. The van der Waals surface area contributed by atoms with Crippen molar-refractivity contribution in [2.75, 3.05) is 10.2 Å². The fourth-order valence-electron chi connectivity index (χ4n) is 5.25. The molecule has 0 radical (unpaired) electrons. The van der Waals surface area contributed by atoms with Crippen LogP contribution in [-0.4, -0.2) is 20.6 Å². The average molecular weight is 603 g/mol. The van der Waals surface area contributed by atoms with Crippen LogP contribution in [0.5, 0.6) is 0 Å². The summed E-state index contributed by atoms with van der Waals surface area (Å²) < 4.78 is 3.32. The summed E-state index contributed by atoms with van der Waals surface area (Å²) >= 11 is 9.69. The van der Waals surface area contributed by atoms with Crippen LogP contribution in [0.3, 0.4) is 0 Å². The molecule has 0 saturated carbocycles. The first-order valence-electron chi connectivity index (χ1n) is 13.0. The van der Waals surface area contributed by atoms with Gasteiger partial charge in [0.25, 0.3) is 0 Å². The smallest absolute Gasteiger partial charge is 0.226 e. The zero-order valence-electron chi connectivity index (χ0n) is 22.7. The van der Waals surface area contributed by atoms with Gasteiger partial charge in [-0.1, -0.05) is 32.0 Å².